The van der Waals surface area contributed by atoms with Gasteiger partial charge in [-0.1, -0.05) is 12.2 Å². The molecule has 2 nitrogen and oxygen atoms in total. The van der Waals surface area contributed by atoms with Gasteiger partial charge in [-0.25, -0.2) is 0 Å². The van der Waals surface area contributed by atoms with E-state index in [0.717, 1.165) is 6.04 Å². The third kappa shape index (κ3) is 1.09. The first-order valence-corrected chi connectivity index (χ1v) is 4.08. The van der Waals surface area contributed by atoms with E-state index >= 15 is 0 Å². The minimum atomic E-state index is 0.780. The Morgan fingerprint density at radius 2 is 2.00 bits per heavy atom. The molecule has 1 atom stereocenters. The van der Waals surface area contributed by atoms with Gasteiger partial charge >= 0.3 is 0 Å². The van der Waals surface area contributed by atoms with Crippen molar-refractivity contribution in [1.29, 1.82) is 0 Å². The summed E-state index contributed by atoms with van der Waals surface area (Å²) >= 11 is 0. The number of hydrogen-bond donors (Lipinski definition) is 1. The molecule has 0 bridgehead atoms. The molecule has 0 aromatic rings. The van der Waals surface area contributed by atoms with Gasteiger partial charge < -0.3 is 5.32 Å². The summed E-state index contributed by atoms with van der Waals surface area (Å²) in [4.78, 5) is 2.55. The van der Waals surface area contributed by atoms with Crippen LogP contribution in [0.4, 0.5) is 0 Å². The van der Waals surface area contributed by atoms with Gasteiger partial charge in [0, 0.05) is 32.2 Å². The molecule has 1 N–H and O–H groups in total. The fourth-order valence-electron chi connectivity index (χ4n) is 1.54. The van der Waals surface area contributed by atoms with E-state index in [9.17, 15) is 0 Å². The van der Waals surface area contributed by atoms with Crippen molar-refractivity contribution in [3.05, 3.63) is 12.2 Å². The fraction of sp³-hybridized carbons (Fsp3) is 0.750. The normalized spacial score (nSPS) is 33.8. The standard InChI is InChI=1S/C8H14N2/c1-2-8(3-1)10-6-4-9-5-7-10/h1-2,8-9H,3-7H2. The van der Waals surface area contributed by atoms with E-state index in [1.54, 1.807) is 0 Å². The second-order valence-corrected chi connectivity index (χ2v) is 3.02. The zero-order chi connectivity index (χ0) is 6.81. The molecular weight excluding hydrogens is 124 g/mol. The van der Waals surface area contributed by atoms with Crippen LogP contribution in [0.15, 0.2) is 12.2 Å². The van der Waals surface area contributed by atoms with Crippen LogP contribution in [0.3, 0.4) is 0 Å². The van der Waals surface area contributed by atoms with Gasteiger partial charge in [0.05, 0.1) is 0 Å². The Hall–Kier alpha value is -0.340. The Morgan fingerprint density at radius 1 is 1.30 bits per heavy atom. The Balaban J connectivity index is 1.85. The quantitative estimate of drug-likeness (QED) is 0.521. The van der Waals surface area contributed by atoms with Crippen LogP contribution < -0.4 is 5.32 Å². The van der Waals surface area contributed by atoms with Crippen molar-refractivity contribution in [2.24, 2.45) is 0 Å². The first kappa shape index (κ1) is 6.38. The molecule has 0 radical (unpaired) electrons. The van der Waals surface area contributed by atoms with Crippen molar-refractivity contribution in [1.82, 2.24) is 10.2 Å². The molecule has 1 fully saturated rings. The van der Waals surface area contributed by atoms with Crippen LogP contribution in [0.5, 0.6) is 0 Å². The predicted molar refractivity (Wildman–Crippen MR) is 42.0 cm³/mol. The summed E-state index contributed by atoms with van der Waals surface area (Å²) in [6.45, 7) is 4.80. The Labute approximate surface area is 61.9 Å². The maximum absolute atomic E-state index is 3.35. The first-order chi connectivity index (χ1) is 4.97. The van der Waals surface area contributed by atoms with Crippen LogP contribution >= 0.6 is 0 Å². The van der Waals surface area contributed by atoms with Gasteiger partial charge in [-0.05, 0) is 6.42 Å². The molecule has 2 rings (SSSR count). The zero-order valence-electron chi connectivity index (χ0n) is 6.21. The third-order valence-corrected chi connectivity index (χ3v) is 2.36. The smallest absolute Gasteiger partial charge is 0.0313 e. The highest BCUT2D eigenvalue weighted by Crippen LogP contribution is 2.15. The van der Waals surface area contributed by atoms with Crippen molar-refractivity contribution < 1.29 is 0 Å². The minimum absolute atomic E-state index is 0.780. The van der Waals surface area contributed by atoms with Gasteiger partial charge in [0.25, 0.3) is 0 Å². The maximum Gasteiger partial charge on any atom is 0.0313 e. The molecule has 0 amide bonds. The van der Waals surface area contributed by atoms with Gasteiger partial charge in [-0.3, -0.25) is 4.90 Å². The summed E-state index contributed by atoms with van der Waals surface area (Å²) in [6.07, 6.45) is 5.85. The Kier molecular flexibility index (Phi) is 1.74. The van der Waals surface area contributed by atoms with Crippen LogP contribution in [-0.4, -0.2) is 37.1 Å². The van der Waals surface area contributed by atoms with E-state index in [1.165, 1.54) is 32.6 Å². The van der Waals surface area contributed by atoms with Gasteiger partial charge in [0.1, 0.15) is 0 Å². The van der Waals surface area contributed by atoms with Crippen LogP contribution in [0, 0.1) is 0 Å². The molecule has 1 aliphatic carbocycles. The second-order valence-electron chi connectivity index (χ2n) is 3.02. The average molecular weight is 138 g/mol. The highest BCUT2D eigenvalue weighted by Gasteiger charge is 2.20. The molecular formula is C8H14N2. The summed E-state index contributed by atoms with van der Waals surface area (Å²) in [5.41, 5.74) is 0. The molecule has 1 heterocycles. The van der Waals surface area contributed by atoms with E-state index < -0.39 is 0 Å². The Bertz CT molecular complexity index is 136. The van der Waals surface area contributed by atoms with Crippen LogP contribution in [0.2, 0.25) is 0 Å². The van der Waals surface area contributed by atoms with Gasteiger partial charge in [0.2, 0.25) is 0 Å². The third-order valence-electron chi connectivity index (χ3n) is 2.36. The molecule has 0 saturated carbocycles. The van der Waals surface area contributed by atoms with E-state index in [1.807, 2.05) is 0 Å². The van der Waals surface area contributed by atoms with Gasteiger partial charge in [-0.2, -0.15) is 0 Å². The van der Waals surface area contributed by atoms with Gasteiger partial charge in [-0.15, -0.1) is 0 Å². The number of nitrogens with one attached hydrogen (secondary N) is 1. The van der Waals surface area contributed by atoms with E-state index in [4.69, 9.17) is 0 Å². The SMILES string of the molecule is C1=CC(N2CCNCC2)C1. The summed E-state index contributed by atoms with van der Waals surface area (Å²) in [5.74, 6) is 0. The van der Waals surface area contributed by atoms with Crippen molar-refractivity contribution in [2.45, 2.75) is 12.5 Å². The highest BCUT2D eigenvalue weighted by atomic mass is 15.2. The lowest BCUT2D eigenvalue weighted by atomic mass is 10.0. The van der Waals surface area contributed by atoms with E-state index in [2.05, 4.69) is 22.4 Å². The van der Waals surface area contributed by atoms with Crippen molar-refractivity contribution in [3.63, 3.8) is 0 Å². The molecule has 0 aromatic carbocycles. The molecule has 0 aromatic heterocycles. The minimum Gasteiger partial charge on any atom is -0.314 e. The van der Waals surface area contributed by atoms with Crippen molar-refractivity contribution in [3.8, 4) is 0 Å². The van der Waals surface area contributed by atoms with Crippen LogP contribution in [0.25, 0.3) is 0 Å². The molecule has 56 valence electrons. The molecule has 0 spiro atoms. The predicted octanol–water partition coefficient (Wildman–Crippen LogP) is 0.220. The molecule has 10 heavy (non-hydrogen) atoms. The molecule has 1 saturated heterocycles. The van der Waals surface area contributed by atoms with Crippen LogP contribution in [0.1, 0.15) is 6.42 Å². The number of hydrogen-bond acceptors (Lipinski definition) is 2. The van der Waals surface area contributed by atoms with E-state index in [-0.39, 0.29) is 0 Å². The summed E-state index contributed by atoms with van der Waals surface area (Å²) < 4.78 is 0. The number of piperazine rings is 1. The summed E-state index contributed by atoms with van der Waals surface area (Å²) in [5, 5.41) is 3.35. The van der Waals surface area contributed by atoms with Crippen LogP contribution in [-0.2, 0) is 0 Å². The summed E-state index contributed by atoms with van der Waals surface area (Å²) in [6, 6.07) is 0.780. The first-order valence-electron chi connectivity index (χ1n) is 4.08. The number of rotatable bonds is 1. The van der Waals surface area contributed by atoms with E-state index in [0.29, 0.717) is 0 Å². The second kappa shape index (κ2) is 2.72. The Morgan fingerprint density at radius 3 is 2.50 bits per heavy atom. The molecule has 1 unspecified atom stereocenters. The zero-order valence-corrected chi connectivity index (χ0v) is 6.21. The molecule has 2 aliphatic rings. The topological polar surface area (TPSA) is 15.3 Å². The fourth-order valence-corrected chi connectivity index (χ4v) is 1.54. The summed E-state index contributed by atoms with van der Waals surface area (Å²) in [7, 11) is 0. The average Bonchev–Trinajstić information content (AvgIpc) is 1.86. The van der Waals surface area contributed by atoms with Crippen molar-refractivity contribution >= 4 is 0 Å². The molecule has 2 heteroatoms. The van der Waals surface area contributed by atoms with Crippen molar-refractivity contribution in [2.75, 3.05) is 26.2 Å². The lowest BCUT2D eigenvalue weighted by Crippen LogP contribution is -2.49. The number of nitrogens with zero attached hydrogens (tertiary/aromatic N) is 1. The lowest BCUT2D eigenvalue weighted by Gasteiger charge is -2.35. The molecule has 1 aliphatic heterocycles. The highest BCUT2D eigenvalue weighted by molar-refractivity contribution is 5.08. The largest absolute Gasteiger partial charge is 0.314 e. The lowest BCUT2D eigenvalue weighted by molar-refractivity contribution is 0.193. The monoisotopic (exact) mass is 138 g/mol. The van der Waals surface area contributed by atoms with Gasteiger partial charge in [0.15, 0.2) is 0 Å². The maximum atomic E-state index is 3.35.